The summed E-state index contributed by atoms with van der Waals surface area (Å²) in [6.07, 6.45) is 1.65. The molecule has 6 heteroatoms. The first-order chi connectivity index (χ1) is 11.3. The largest absolute Gasteiger partial charge is 0.246 e. The Hall–Kier alpha value is -1.76. The molecular weight excluding hydrogens is 342 g/mol. The number of hydrogen-bond donors (Lipinski definition) is 0. The molecule has 3 aromatic heterocycles. The molecule has 0 saturated heterocycles. The van der Waals surface area contributed by atoms with E-state index in [0.29, 0.717) is 0 Å². The molecule has 0 saturated carbocycles. The van der Waals surface area contributed by atoms with Crippen molar-refractivity contribution in [2.24, 2.45) is 0 Å². The minimum atomic E-state index is 0.834. The predicted octanol–water partition coefficient (Wildman–Crippen LogP) is 5.42. The van der Waals surface area contributed by atoms with Crippen molar-refractivity contribution >= 4 is 44.7 Å². The predicted molar refractivity (Wildman–Crippen MR) is 99.3 cm³/mol. The Morgan fingerprint density at radius 3 is 2.70 bits per heavy atom. The lowest BCUT2D eigenvalue weighted by Gasteiger charge is -2.04. The van der Waals surface area contributed by atoms with Gasteiger partial charge in [-0.2, -0.15) is 0 Å². The van der Waals surface area contributed by atoms with Crippen LogP contribution < -0.4 is 0 Å². The highest BCUT2D eigenvalue weighted by Crippen LogP contribution is 2.38. The van der Waals surface area contributed by atoms with Crippen LogP contribution in [0.15, 0.2) is 52.4 Å². The Labute approximate surface area is 146 Å². The van der Waals surface area contributed by atoms with Crippen LogP contribution in [0.4, 0.5) is 0 Å². The number of hydrogen-bond acceptors (Lipinski definition) is 6. The normalized spacial score (nSPS) is 11.2. The fourth-order valence-electron chi connectivity index (χ4n) is 2.40. The molecule has 0 amide bonds. The maximum Gasteiger partial charge on any atom is 0.128 e. The average Bonchev–Trinajstić information content (AvgIpc) is 3.20. The smallest absolute Gasteiger partial charge is 0.128 e. The van der Waals surface area contributed by atoms with Gasteiger partial charge in [-0.05, 0) is 12.5 Å². The van der Waals surface area contributed by atoms with Gasteiger partial charge in [-0.25, -0.2) is 15.0 Å². The van der Waals surface area contributed by atoms with Crippen LogP contribution in [0.3, 0.4) is 0 Å². The number of aryl methyl sites for hydroxylation is 1. The highest BCUT2D eigenvalue weighted by Gasteiger charge is 2.13. The standard InChI is InChI=1S/C17H13N3S3/c1-11-20-13(7-21-11)8-22-16-15-14(12-5-3-2-4-6-12)9-23-17(15)19-10-18-16/h2-7,9-10H,8H2,1H3. The Balaban J connectivity index is 1.73. The summed E-state index contributed by atoms with van der Waals surface area (Å²) in [6.45, 7) is 2.04. The van der Waals surface area contributed by atoms with Gasteiger partial charge in [-0.3, -0.25) is 0 Å². The molecule has 3 nitrogen and oxygen atoms in total. The van der Waals surface area contributed by atoms with Crippen LogP contribution >= 0.6 is 34.4 Å². The number of nitrogens with zero attached hydrogens (tertiary/aromatic N) is 3. The summed E-state index contributed by atoms with van der Waals surface area (Å²) in [5.41, 5.74) is 3.53. The summed E-state index contributed by atoms with van der Waals surface area (Å²) in [5, 5.41) is 7.58. The molecule has 0 bridgehead atoms. The van der Waals surface area contributed by atoms with Crippen molar-refractivity contribution in [3.63, 3.8) is 0 Å². The van der Waals surface area contributed by atoms with Gasteiger partial charge in [-0.1, -0.05) is 42.1 Å². The zero-order valence-electron chi connectivity index (χ0n) is 12.4. The van der Waals surface area contributed by atoms with Gasteiger partial charge in [0.05, 0.1) is 16.1 Å². The van der Waals surface area contributed by atoms with Crippen molar-refractivity contribution in [1.29, 1.82) is 0 Å². The van der Waals surface area contributed by atoms with Crippen molar-refractivity contribution in [2.75, 3.05) is 0 Å². The third-order valence-electron chi connectivity index (χ3n) is 3.44. The Morgan fingerprint density at radius 1 is 1.04 bits per heavy atom. The molecule has 0 unspecified atom stereocenters. The summed E-state index contributed by atoms with van der Waals surface area (Å²) >= 11 is 5.09. The van der Waals surface area contributed by atoms with E-state index in [-0.39, 0.29) is 0 Å². The number of rotatable bonds is 4. The highest BCUT2D eigenvalue weighted by atomic mass is 32.2. The lowest BCUT2D eigenvalue weighted by atomic mass is 10.1. The molecule has 3 heterocycles. The molecule has 0 radical (unpaired) electrons. The van der Waals surface area contributed by atoms with E-state index in [1.54, 1.807) is 40.8 Å². The molecule has 0 N–H and O–H groups in total. The molecule has 0 aliphatic carbocycles. The van der Waals surface area contributed by atoms with Crippen LogP contribution in [0, 0.1) is 6.92 Å². The van der Waals surface area contributed by atoms with Gasteiger partial charge in [-0.15, -0.1) is 22.7 Å². The van der Waals surface area contributed by atoms with Crippen molar-refractivity contribution < 1.29 is 0 Å². The molecule has 0 fully saturated rings. The number of thiophene rings is 1. The third-order valence-corrected chi connectivity index (χ3v) is 6.18. The molecule has 0 atom stereocenters. The second-order valence-electron chi connectivity index (χ2n) is 5.02. The van der Waals surface area contributed by atoms with Crippen molar-refractivity contribution in [3.8, 4) is 11.1 Å². The van der Waals surface area contributed by atoms with Crippen LogP contribution in [0.5, 0.6) is 0 Å². The Kier molecular flexibility index (Phi) is 4.11. The zero-order valence-corrected chi connectivity index (χ0v) is 14.8. The van der Waals surface area contributed by atoms with E-state index in [4.69, 9.17) is 0 Å². The van der Waals surface area contributed by atoms with Crippen LogP contribution in [0.25, 0.3) is 21.3 Å². The molecule has 4 aromatic rings. The van der Waals surface area contributed by atoms with Crippen LogP contribution in [-0.4, -0.2) is 15.0 Å². The molecule has 23 heavy (non-hydrogen) atoms. The second-order valence-corrected chi connectivity index (χ2v) is 7.91. The van der Waals surface area contributed by atoms with Crippen LogP contribution in [0.1, 0.15) is 10.7 Å². The highest BCUT2D eigenvalue weighted by molar-refractivity contribution is 7.98. The van der Waals surface area contributed by atoms with Gasteiger partial charge in [0.25, 0.3) is 0 Å². The van der Waals surface area contributed by atoms with Gasteiger partial charge >= 0.3 is 0 Å². The fourth-order valence-corrected chi connectivity index (χ4v) is 5.01. The van der Waals surface area contributed by atoms with E-state index >= 15 is 0 Å². The van der Waals surface area contributed by atoms with Crippen molar-refractivity contribution in [2.45, 2.75) is 17.7 Å². The third kappa shape index (κ3) is 3.02. The van der Waals surface area contributed by atoms with E-state index in [1.165, 1.54) is 11.1 Å². The summed E-state index contributed by atoms with van der Waals surface area (Å²) in [6, 6.07) is 10.4. The number of benzene rings is 1. The van der Waals surface area contributed by atoms with Crippen LogP contribution in [0.2, 0.25) is 0 Å². The van der Waals surface area contributed by atoms with E-state index in [2.05, 4.69) is 50.0 Å². The SMILES string of the molecule is Cc1nc(CSc2ncnc3scc(-c4ccccc4)c23)cs1. The Bertz CT molecular complexity index is 944. The van der Waals surface area contributed by atoms with Gasteiger partial charge in [0, 0.05) is 22.1 Å². The number of fused-ring (bicyclic) bond motifs is 1. The maximum atomic E-state index is 4.53. The van der Waals surface area contributed by atoms with Crippen molar-refractivity contribution in [1.82, 2.24) is 15.0 Å². The van der Waals surface area contributed by atoms with Crippen LogP contribution in [-0.2, 0) is 5.75 Å². The van der Waals surface area contributed by atoms with E-state index in [1.807, 2.05) is 13.0 Å². The lowest BCUT2D eigenvalue weighted by molar-refractivity contribution is 1.10. The first-order valence-electron chi connectivity index (χ1n) is 7.12. The molecular formula is C17H13N3S3. The van der Waals surface area contributed by atoms with Gasteiger partial charge in [0.1, 0.15) is 16.2 Å². The first kappa shape index (κ1) is 14.8. The maximum absolute atomic E-state index is 4.53. The van der Waals surface area contributed by atoms with E-state index in [9.17, 15) is 0 Å². The molecule has 4 rings (SSSR count). The van der Waals surface area contributed by atoms with E-state index < -0.39 is 0 Å². The first-order valence-corrected chi connectivity index (χ1v) is 9.87. The molecule has 0 aliphatic heterocycles. The minimum Gasteiger partial charge on any atom is -0.246 e. The number of thiazole rings is 1. The summed E-state index contributed by atoms with van der Waals surface area (Å²) in [5.74, 6) is 0.834. The minimum absolute atomic E-state index is 0.834. The van der Waals surface area contributed by atoms with Gasteiger partial charge < -0.3 is 0 Å². The summed E-state index contributed by atoms with van der Waals surface area (Å²) in [4.78, 5) is 14.5. The monoisotopic (exact) mass is 355 g/mol. The Morgan fingerprint density at radius 2 is 1.91 bits per heavy atom. The van der Waals surface area contributed by atoms with Crippen molar-refractivity contribution in [3.05, 3.63) is 58.1 Å². The quantitative estimate of drug-likeness (QED) is 0.362. The summed E-state index contributed by atoms with van der Waals surface area (Å²) in [7, 11) is 0. The zero-order chi connectivity index (χ0) is 15.6. The molecule has 1 aromatic carbocycles. The summed E-state index contributed by atoms with van der Waals surface area (Å²) < 4.78 is 0. The number of aromatic nitrogens is 3. The topological polar surface area (TPSA) is 38.7 Å². The average molecular weight is 356 g/mol. The van der Waals surface area contributed by atoms with Gasteiger partial charge in [0.2, 0.25) is 0 Å². The molecule has 0 spiro atoms. The van der Waals surface area contributed by atoms with Gasteiger partial charge in [0.15, 0.2) is 0 Å². The molecule has 114 valence electrons. The fraction of sp³-hybridized carbons (Fsp3) is 0.118. The second kappa shape index (κ2) is 6.39. The van der Waals surface area contributed by atoms with E-state index in [0.717, 1.165) is 31.7 Å². The lowest BCUT2D eigenvalue weighted by Crippen LogP contribution is -1.87. The number of thioether (sulfide) groups is 1. The molecule has 0 aliphatic rings.